The SMILES string of the molecule is O=P([O-])([O-])c1ccccc1S(=O)(=O)O.[Zr+2]. The van der Waals surface area contributed by atoms with Gasteiger partial charge in [-0.1, -0.05) is 18.2 Å². The minimum atomic E-state index is -5.19. The molecular formula is C6H5O6PSZr. The molecule has 0 bridgehead atoms. The van der Waals surface area contributed by atoms with Gasteiger partial charge in [-0.15, -0.1) is 0 Å². The van der Waals surface area contributed by atoms with Crippen LogP contribution in [0.3, 0.4) is 0 Å². The topological polar surface area (TPSA) is 118 Å². The second kappa shape index (κ2) is 5.00. The van der Waals surface area contributed by atoms with E-state index in [0.717, 1.165) is 12.1 Å². The summed E-state index contributed by atoms with van der Waals surface area (Å²) >= 11 is 0. The smallest absolute Gasteiger partial charge is 0.807 e. The van der Waals surface area contributed by atoms with Gasteiger partial charge in [0.25, 0.3) is 10.1 Å². The predicted molar refractivity (Wildman–Crippen MR) is 43.5 cm³/mol. The van der Waals surface area contributed by atoms with Crippen molar-refractivity contribution in [3.05, 3.63) is 24.3 Å². The minimum Gasteiger partial charge on any atom is -0.807 e. The Morgan fingerprint density at radius 1 is 1.20 bits per heavy atom. The monoisotopic (exact) mass is 326 g/mol. The maximum atomic E-state index is 10.7. The zero-order valence-corrected chi connectivity index (χ0v) is 11.3. The van der Waals surface area contributed by atoms with Gasteiger partial charge in [-0.05, 0) is 13.7 Å². The number of benzene rings is 1. The average Bonchev–Trinajstić information content (AvgIpc) is 2.01. The summed E-state index contributed by atoms with van der Waals surface area (Å²) in [5, 5.41) is -0.928. The standard InChI is InChI=1S/C6H7O6PS.Zr/c7-13(8,9)5-3-1-2-4-6(5)14(10,11)12;/h1-4H,(H2,7,8,9)(H,10,11,12);/q;+2/p-2. The largest absolute Gasteiger partial charge is 2.00 e. The Bertz CT molecular complexity index is 492. The van der Waals surface area contributed by atoms with Crippen LogP contribution in [0.1, 0.15) is 0 Å². The van der Waals surface area contributed by atoms with Crippen molar-refractivity contribution < 1.29 is 53.5 Å². The van der Waals surface area contributed by atoms with Crippen molar-refractivity contribution in [3.63, 3.8) is 0 Å². The molecular weight excluding hydrogens is 322 g/mol. The van der Waals surface area contributed by atoms with Gasteiger partial charge in [0, 0.05) is 5.30 Å². The van der Waals surface area contributed by atoms with E-state index in [1.807, 2.05) is 0 Å². The first kappa shape index (κ1) is 15.2. The molecule has 0 fully saturated rings. The second-order valence-corrected chi connectivity index (χ2v) is 5.31. The van der Waals surface area contributed by atoms with Crippen molar-refractivity contribution in [2.45, 2.75) is 4.90 Å². The Morgan fingerprint density at radius 3 is 2.00 bits per heavy atom. The molecule has 0 saturated heterocycles. The van der Waals surface area contributed by atoms with Gasteiger partial charge in [-0.3, -0.25) is 4.55 Å². The molecule has 0 spiro atoms. The first-order valence-electron chi connectivity index (χ1n) is 3.32. The van der Waals surface area contributed by atoms with E-state index in [-0.39, 0.29) is 26.2 Å². The molecule has 1 rings (SSSR count). The molecule has 1 aromatic carbocycles. The van der Waals surface area contributed by atoms with Crippen molar-refractivity contribution >= 4 is 23.0 Å². The van der Waals surface area contributed by atoms with Gasteiger partial charge < -0.3 is 14.4 Å². The van der Waals surface area contributed by atoms with Crippen molar-refractivity contribution in [2.24, 2.45) is 0 Å². The van der Waals surface area contributed by atoms with Gasteiger partial charge in [0.1, 0.15) is 4.90 Å². The van der Waals surface area contributed by atoms with E-state index in [9.17, 15) is 22.8 Å². The average molecular weight is 327 g/mol. The molecule has 0 atom stereocenters. The second-order valence-electron chi connectivity index (χ2n) is 2.44. The Kier molecular flexibility index (Phi) is 5.05. The molecule has 80 valence electrons. The van der Waals surface area contributed by atoms with Gasteiger partial charge in [0.2, 0.25) is 0 Å². The van der Waals surface area contributed by atoms with E-state index in [1.54, 1.807) is 0 Å². The third-order valence-electron chi connectivity index (χ3n) is 1.44. The maximum Gasteiger partial charge on any atom is 2.00 e. The Labute approximate surface area is 105 Å². The molecule has 0 amide bonds. The zero-order chi connectivity index (χ0) is 11.0. The first-order valence-corrected chi connectivity index (χ1v) is 6.30. The maximum absolute atomic E-state index is 10.7. The summed E-state index contributed by atoms with van der Waals surface area (Å²) in [6.07, 6.45) is 0. The summed E-state index contributed by atoms with van der Waals surface area (Å²) in [5.74, 6) is 0. The zero-order valence-electron chi connectivity index (χ0n) is 7.15. The third kappa shape index (κ3) is 3.91. The van der Waals surface area contributed by atoms with E-state index in [4.69, 9.17) is 4.55 Å². The fourth-order valence-electron chi connectivity index (χ4n) is 0.902. The molecule has 15 heavy (non-hydrogen) atoms. The number of hydrogen-bond donors (Lipinski definition) is 1. The quantitative estimate of drug-likeness (QED) is 0.520. The summed E-state index contributed by atoms with van der Waals surface area (Å²) in [4.78, 5) is 20.3. The van der Waals surface area contributed by atoms with Gasteiger partial charge in [-0.25, -0.2) is 0 Å². The molecule has 0 saturated carbocycles. The van der Waals surface area contributed by atoms with E-state index in [2.05, 4.69) is 0 Å². The van der Waals surface area contributed by atoms with Gasteiger partial charge in [-0.2, -0.15) is 8.42 Å². The molecule has 1 aromatic rings. The van der Waals surface area contributed by atoms with E-state index >= 15 is 0 Å². The van der Waals surface area contributed by atoms with Crippen molar-refractivity contribution in [2.75, 3.05) is 0 Å². The molecule has 0 aromatic heterocycles. The van der Waals surface area contributed by atoms with Gasteiger partial charge in [0.15, 0.2) is 0 Å². The molecule has 0 radical (unpaired) electrons. The first-order chi connectivity index (χ1) is 6.23. The van der Waals surface area contributed by atoms with E-state index in [1.165, 1.54) is 12.1 Å². The fourth-order valence-corrected chi connectivity index (χ4v) is 2.78. The normalized spacial score (nSPS) is 11.9. The van der Waals surface area contributed by atoms with Crippen LogP contribution in [-0.2, 0) is 40.9 Å². The Balaban J connectivity index is 0.00000196. The van der Waals surface area contributed by atoms with Crippen LogP contribution in [0.4, 0.5) is 0 Å². The van der Waals surface area contributed by atoms with Crippen LogP contribution in [0, 0.1) is 0 Å². The molecule has 0 unspecified atom stereocenters. The van der Waals surface area contributed by atoms with Crippen LogP contribution in [0.5, 0.6) is 0 Å². The third-order valence-corrected chi connectivity index (χ3v) is 3.48. The van der Waals surface area contributed by atoms with Crippen LogP contribution >= 0.6 is 7.60 Å². The Hall–Kier alpha value is 0.163. The predicted octanol–water partition coefficient (Wildman–Crippen LogP) is -1.53. The van der Waals surface area contributed by atoms with Gasteiger partial charge in [0.05, 0.1) is 0 Å². The molecule has 1 N–H and O–H groups in total. The van der Waals surface area contributed by atoms with Crippen LogP contribution in [0.2, 0.25) is 0 Å². The molecule has 6 nitrogen and oxygen atoms in total. The molecule has 0 aliphatic rings. The van der Waals surface area contributed by atoms with Crippen LogP contribution in [0.25, 0.3) is 0 Å². The summed E-state index contributed by atoms with van der Waals surface area (Å²) in [7, 11) is -9.88. The fraction of sp³-hybridized carbons (Fsp3) is 0. The molecule has 9 heteroatoms. The van der Waals surface area contributed by atoms with Crippen molar-refractivity contribution in [1.82, 2.24) is 0 Å². The van der Waals surface area contributed by atoms with Crippen LogP contribution in [0.15, 0.2) is 29.2 Å². The Morgan fingerprint density at radius 2 is 1.67 bits per heavy atom. The van der Waals surface area contributed by atoms with E-state index < -0.39 is 27.9 Å². The van der Waals surface area contributed by atoms with Gasteiger partial charge >= 0.3 is 26.2 Å². The molecule has 0 heterocycles. The van der Waals surface area contributed by atoms with Crippen LogP contribution in [-0.4, -0.2) is 13.0 Å². The summed E-state index contributed by atoms with van der Waals surface area (Å²) in [6, 6.07) is 4.05. The minimum absolute atomic E-state index is 0. The van der Waals surface area contributed by atoms with Crippen LogP contribution < -0.4 is 15.1 Å². The molecule has 0 aliphatic heterocycles. The van der Waals surface area contributed by atoms with Crippen molar-refractivity contribution in [1.29, 1.82) is 0 Å². The van der Waals surface area contributed by atoms with E-state index in [0.29, 0.717) is 0 Å². The summed E-state index contributed by atoms with van der Waals surface area (Å²) in [5.41, 5.74) is 0. The summed E-state index contributed by atoms with van der Waals surface area (Å²) < 4.78 is 40.5. The summed E-state index contributed by atoms with van der Waals surface area (Å²) in [6.45, 7) is 0. The van der Waals surface area contributed by atoms with Crippen molar-refractivity contribution in [3.8, 4) is 0 Å². The number of hydrogen-bond acceptors (Lipinski definition) is 5. The molecule has 0 aliphatic carbocycles. The number of rotatable bonds is 2.